The second kappa shape index (κ2) is 6.54. The molecule has 19 heavy (non-hydrogen) atoms. The summed E-state index contributed by atoms with van der Waals surface area (Å²) in [7, 11) is 1.59. The maximum atomic E-state index is 12.1. The predicted molar refractivity (Wildman–Crippen MR) is 72.4 cm³/mol. The Morgan fingerprint density at radius 2 is 2.16 bits per heavy atom. The van der Waals surface area contributed by atoms with Crippen LogP contribution in [-0.2, 0) is 0 Å². The molecule has 1 aliphatic rings. The van der Waals surface area contributed by atoms with Gasteiger partial charge in [-0.3, -0.25) is 4.79 Å². The standard InChI is InChI=1S/C14H20N2O3/c1-19-11-6-4-10(5-7-11)14(18)16-12-9-15-8-2-3-13(12)17/h4-7,12-13,15,17H,2-3,8-9H2,1H3,(H,16,18). The third-order valence-corrected chi connectivity index (χ3v) is 3.35. The van der Waals surface area contributed by atoms with E-state index in [4.69, 9.17) is 4.74 Å². The molecule has 0 spiro atoms. The number of carbonyl (C=O) groups excluding carboxylic acids is 1. The van der Waals surface area contributed by atoms with Crippen LogP contribution in [0.15, 0.2) is 24.3 Å². The first kappa shape index (κ1) is 13.8. The Labute approximate surface area is 113 Å². The number of rotatable bonds is 3. The van der Waals surface area contributed by atoms with Crippen molar-refractivity contribution in [1.29, 1.82) is 0 Å². The third kappa shape index (κ3) is 3.68. The molecule has 1 heterocycles. The fourth-order valence-electron chi connectivity index (χ4n) is 2.17. The molecule has 0 radical (unpaired) electrons. The van der Waals surface area contributed by atoms with Crippen molar-refractivity contribution in [3.05, 3.63) is 29.8 Å². The monoisotopic (exact) mass is 264 g/mol. The number of carbonyl (C=O) groups is 1. The molecule has 1 aromatic carbocycles. The van der Waals surface area contributed by atoms with Gasteiger partial charge >= 0.3 is 0 Å². The van der Waals surface area contributed by atoms with Gasteiger partial charge in [-0.05, 0) is 43.7 Å². The molecular weight excluding hydrogens is 244 g/mol. The van der Waals surface area contributed by atoms with Gasteiger partial charge in [0.15, 0.2) is 0 Å². The van der Waals surface area contributed by atoms with Gasteiger partial charge in [-0.2, -0.15) is 0 Å². The van der Waals surface area contributed by atoms with E-state index in [9.17, 15) is 9.90 Å². The summed E-state index contributed by atoms with van der Waals surface area (Å²) in [6.07, 6.45) is 1.15. The average molecular weight is 264 g/mol. The fourth-order valence-corrected chi connectivity index (χ4v) is 2.17. The van der Waals surface area contributed by atoms with Crippen LogP contribution in [0.25, 0.3) is 0 Å². The minimum absolute atomic E-state index is 0.171. The highest BCUT2D eigenvalue weighted by Crippen LogP contribution is 2.12. The van der Waals surface area contributed by atoms with Crippen molar-refractivity contribution in [2.45, 2.75) is 25.0 Å². The number of methoxy groups -OCH3 is 1. The zero-order chi connectivity index (χ0) is 13.7. The third-order valence-electron chi connectivity index (χ3n) is 3.35. The Morgan fingerprint density at radius 1 is 1.42 bits per heavy atom. The van der Waals surface area contributed by atoms with Gasteiger partial charge in [0.1, 0.15) is 5.75 Å². The minimum atomic E-state index is -0.489. The van der Waals surface area contributed by atoms with Crippen LogP contribution >= 0.6 is 0 Å². The van der Waals surface area contributed by atoms with E-state index in [1.807, 2.05) is 0 Å². The summed E-state index contributed by atoms with van der Waals surface area (Å²) in [5.74, 6) is 0.545. The molecule has 1 aromatic rings. The van der Waals surface area contributed by atoms with Crippen molar-refractivity contribution in [3.63, 3.8) is 0 Å². The number of nitrogens with one attached hydrogen (secondary N) is 2. The first-order chi connectivity index (χ1) is 9.20. The minimum Gasteiger partial charge on any atom is -0.497 e. The summed E-state index contributed by atoms with van der Waals surface area (Å²) >= 11 is 0. The van der Waals surface area contributed by atoms with Crippen molar-refractivity contribution in [2.24, 2.45) is 0 Å². The summed E-state index contributed by atoms with van der Waals surface area (Å²) in [5, 5.41) is 16.0. The lowest BCUT2D eigenvalue weighted by molar-refractivity contribution is 0.0833. The van der Waals surface area contributed by atoms with Gasteiger partial charge in [-0.25, -0.2) is 0 Å². The maximum absolute atomic E-state index is 12.1. The molecule has 1 amide bonds. The van der Waals surface area contributed by atoms with Gasteiger partial charge < -0.3 is 20.5 Å². The van der Waals surface area contributed by atoms with Gasteiger partial charge in [0.25, 0.3) is 5.91 Å². The number of ether oxygens (including phenoxy) is 1. The molecule has 0 bridgehead atoms. The van der Waals surface area contributed by atoms with Crippen molar-refractivity contribution in [1.82, 2.24) is 10.6 Å². The SMILES string of the molecule is COc1ccc(C(=O)NC2CNCCCC2O)cc1. The average Bonchev–Trinajstić information content (AvgIpc) is 2.64. The van der Waals surface area contributed by atoms with Gasteiger partial charge in [0.2, 0.25) is 0 Å². The molecule has 2 rings (SSSR count). The number of benzene rings is 1. The Bertz CT molecular complexity index is 419. The smallest absolute Gasteiger partial charge is 0.251 e. The number of aliphatic hydroxyl groups is 1. The van der Waals surface area contributed by atoms with Crippen LogP contribution in [0, 0.1) is 0 Å². The molecule has 5 nitrogen and oxygen atoms in total. The first-order valence-electron chi connectivity index (χ1n) is 6.54. The van der Waals surface area contributed by atoms with E-state index < -0.39 is 6.10 Å². The summed E-state index contributed by atoms with van der Waals surface area (Å²) in [5.41, 5.74) is 0.567. The van der Waals surface area contributed by atoms with Crippen LogP contribution in [0.2, 0.25) is 0 Å². The van der Waals surface area contributed by atoms with E-state index in [1.54, 1.807) is 31.4 Å². The van der Waals surface area contributed by atoms with Gasteiger partial charge in [-0.1, -0.05) is 0 Å². The van der Waals surface area contributed by atoms with Crippen LogP contribution in [0.1, 0.15) is 23.2 Å². The molecule has 1 saturated heterocycles. The van der Waals surface area contributed by atoms with Crippen LogP contribution < -0.4 is 15.4 Å². The zero-order valence-electron chi connectivity index (χ0n) is 11.1. The Morgan fingerprint density at radius 3 is 2.84 bits per heavy atom. The van der Waals surface area contributed by atoms with Crippen molar-refractivity contribution < 1.29 is 14.6 Å². The quantitative estimate of drug-likeness (QED) is 0.745. The zero-order valence-corrected chi connectivity index (χ0v) is 11.1. The number of amides is 1. The number of aliphatic hydroxyl groups excluding tert-OH is 1. The molecule has 5 heteroatoms. The fraction of sp³-hybridized carbons (Fsp3) is 0.500. The molecule has 1 aliphatic heterocycles. The normalized spacial score (nSPS) is 23.5. The summed E-state index contributed by atoms with van der Waals surface area (Å²) in [4.78, 5) is 12.1. The predicted octanol–water partition coefficient (Wildman–Crippen LogP) is 0.538. The molecule has 0 aliphatic carbocycles. The maximum Gasteiger partial charge on any atom is 0.251 e. The second-order valence-electron chi connectivity index (χ2n) is 4.72. The molecule has 104 valence electrons. The Hall–Kier alpha value is -1.59. The van der Waals surface area contributed by atoms with Crippen LogP contribution in [0.5, 0.6) is 5.75 Å². The highest BCUT2D eigenvalue weighted by Gasteiger charge is 2.23. The van der Waals surface area contributed by atoms with E-state index in [2.05, 4.69) is 10.6 Å². The lowest BCUT2D eigenvalue weighted by Crippen LogP contribution is -2.47. The topological polar surface area (TPSA) is 70.6 Å². The van der Waals surface area contributed by atoms with Crippen LogP contribution in [0.4, 0.5) is 0 Å². The molecule has 2 unspecified atom stereocenters. The van der Waals surface area contributed by atoms with Gasteiger partial charge in [0.05, 0.1) is 19.3 Å². The Kier molecular flexibility index (Phi) is 4.76. The first-order valence-corrected chi connectivity index (χ1v) is 6.54. The van der Waals surface area contributed by atoms with E-state index in [1.165, 1.54) is 0 Å². The lowest BCUT2D eigenvalue weighted by Gasteiger charge is -2.21. The van der Waals surface area contributed by atoms with Gasteiger partial charge in [-0.15, -0.1) is 0 Å². The largest absolute Gasteiger partial charge is 0.497 e. The molecule has 1 fully saturated rings. The van der Waals surface area contributed by atoms with E-state index in [0.717, 1.165) is 13.0 Å². The second-order valence-corrected chi connectivity index (χ2v) is 4.72. The lowest BCUT2D eigenvalue weighted by atomic mass is 10.1. The number of hydrogen-bond donors (Lipinski definition) is 3. The molecule has 0 aromatic heterocycles. The van der Waals surface area contributed by atoms with Crippen LogP contribution in [-0.4, -0.2) is 43.4 Å². The Balaban J connectivity index is 1.98. The van der Waals surface area contributed by atoms with Gasteiger partial charge in [0, 0.05) is 12.1 Å². The highest BCUT2D eigenvalue weighted by molar-refractivity contribution is 5.94. The summed E-state index contributed by atoms with van der Waals surface area (Å²) in [6, 6.07) is 6.68. The van der Waals surface area contributed by atoms with E-state index in [0.29, 0.717) is 24.3 Å². The van der Waals surface area contributed by atoms with Crippen molar-refractivity contribution in [3.8, 4) is 5.75 Å². The molecule has 2 atom stereocenters. The van der Waals surface area contributed by atoms with E-state index >= 15 is 0 Å². The summed E-state index contributed by atoms with van der Waals surface area (Å²) in [6.45, 7) is 1.48. The summed E-state index contributed by atoms with van der Waals surface area (Å²) < 4.78 is 5.05. The molecule has 0 saturated carbocycles. The molecular formula is C14H20N2O3. The van der Waals surface area contributed by atoms with Crippen molar-refractivity contribution >= 4 is 5.91 Å². The highest BCUT2D eigenvalue weighted by atomic mass is 16.5. The molecule has 3 N–H and O–H groups in total. The van der Waals surface area contributed by atoms with Crippen molar-refractivity contribution in [2.75, 3.05) is 20.2 Å². The van der Waals surface area contributed by atoms with Crippen LogP contribution in [0.3, 0.4) is 0 Å². The van der Waals surface area contributed by atoms with E-state index in [-0.39, 0.29) is 11.9 Å². The number of hydrogen-bond acceptors (Lipinski definition) is 4.